The first-order valence-corrected chi connectivity index (χ1v) is 10.6. The quantitative estimate of drug-likeness (QED) is 0.609. The summed E-state index contributed by atoms with van der Waals surface area (Å²) in [4.78, 5) is 23.9. The van der Waals surface area contributed by atoms with Crippen LogP contribution in [0.2, 0.25) is 0 Å². The van der Waals surface area contributed by atoms with E-state index in [0.29, 0.717) is 19.5 Å². The van der Waals surface area contributed by atoms with Gasteiger partial charge in [-0.2, -0.15) is 4.31 Å². The Balaban J connectivity index is 2.61. The van der Waals surface area contributed by atoms with E-state index in [1.54, 1.807) is 38.1 Å². The summed E-state index contributed by atoms with van der Waals surface area (Å²) in [7, 11) is -3.49. The Morgan fingerprint density at radius 2 is 1.63 bits per heavy atom. The number of carbonyl (C=O) groups is 2. The van der Waals surface area contributed by atoms with Gasteiger partial charge in [-0.15, -0.1) is 0 Å². The highest BCUT2D eigenvalue weighted by atomic mass is 32.2. The van der Waals surface area contributed by atoms with E-state index in [-0.39, 0.29) is 23.3 Å². The van der Waals surface area contributed by atoms with E-state index < -0.39 is 22.1 Å². The second-order valence-corrected chi connectivity index (χ2v) is 8.47. The second kappa shape index (κ2) is 10.4. The molecule has 0 radical (unpaired) electrons. The van der Waals surface area contributed by atoms with Crippen LogP contribution in [0.4, 0.5) is 0 Å². The van der Waals surface area contributed by atoms with Gasteiger partial charge in [-0.05, 0) is 44.9 Å². The summed E-state index contributed by atoms with van der Waals surface area (Å²) in [5.41, 5.74) is 0.824. The smallest absolute Gasteiger partial charge is 0.306 e. The fourth-order valence-corrected chi connectivity index (χ4v) is 3.96. The van der Waals surface area contributed by atoms with E-state index >= 15 is 0 Å². The molecule has 1 N–H and O–H groups in total. The highest BCUT2D eigenvalue weighted by molar-refractivity contribution is 7.89. The van der Waals surface area contributed by atoms with E-state index in [4.69, 9.17) is 4.74 Å². The zero-order chi connectivity index (χ0) is 20.6. The summed E-state index contributed by atoms with van der Waals surface area (Å²) in [5.74, 6) is -0.800. The monoisotopic (exact) mass is 398 g/mol. The number of nitrogens with one attached hydrogen (secondary N) is 1. The number of hydrogen-bond donors (Lipinski definition) is 1. The lowest BCUT2D eigenvalue weighted by Crippen LogP contribution is -2.39. The predicted molar refractivity (Wildman–Crippen MR) is 104 cm³/mol. The molecule has 0 spiro atoms. The molecular weight excluding hydrogens is 368 g/mol. The SMILES string of the molecule is CCN(CC)S(=O)(=O)c1ccc(CCC(=O)OC(C)C(=O)NC(C)C)cc1. The second-order valence-electron chi connectivity index (χ2n) is 6.53. The molecule has 1 aromatic rings. The minimum absolute atomic E-state index is 0.0233. The number of nitrogens with zero attached hydrogens (tertiary/aromatic N) is 1. The summed E-state index contributed by atoms with van der Waals surface area (Å²) in [6.07, 6.45) is -0.328. The summed E-state index contributed by atoms with van der Waals surface area (Å²) < 4.78 is 31.4. The Morgan fingerprint density at radius 3 is 2.11 bits per heavy atom. The average molecular weight is 399 g/mol. The number of hydrogen-bond acceptors (Lipinski definition) is 5. The van der Waals surface area contributed by atoms with Gasteiger partial charge in [0.2, 0.25) is 10.0 Å². The summed E-state index contributed by atoms with van der Waals surface area (Å²) in [6.45, 7) is 9.60. The van der Waals surface area contributed by atoms with Gasteiger partial charge in [0, 0.05) is 25.6 Å². The molecule has 27 heavy (non-hydrogen) atoms. The highest BCUT2D eigenvalue weighted by Gasteiger charge is 2.21. The maximum absolute atomic E-state index is 12.4. The third kappa shape index (κ3) is 6.95. The fourth-order valence-electron chi connectivity index (χ4n) is 2.50. The number of benzene rings is 1. The number of ether oxygens (including phenoxy) is 1. The molecule has 0 fully saturated rings. The molecule has 0 bridgehead atoms. The van der Waals surface area contributed by atoms with Crippen molar-refractivity contribution in [2.75, 3.05) is 13.1 Å². The number of aryl methyl sites for hydroxylation is 1. The maximum atomic E-state index is 12.4. The molecule has 1 aromatic carbocycles. The Kier molecular flexibility index (Phi) is 8.92. The van der Waals surface area contributed by atoms with Crippen LogP contribution in [0, 0.1) is 0 Å². The minimum atomic E-state index is -3.49. The number of esters is 1. The van der Waals surface area contributed by atoms with Crippen molar-refractivity contribution in [1.29, 1.82) is 0 Å². The van der Waals surface area contributed by atoms with Crippen LogP contribution < -0.4 is 5.32 Å². The standard InChI is InChI=1S/C19H30N2O5S/c1-6-21(7-2)27(24,25)17-11-8-16(9-12-17)10-13-18(22)26-15(5)19(23)20-14(3)4/h8-9,11-12,14-15H,6-7,10,13H2,1-5H3,(H,20,23). The molecule has 0 aromatic heterocycles. The van der Waals surface area contributed by atoms with Crippen LogP contribution in [0.15, 0.2) is 29.2 Å². The molecule has 1 rings (SSSR count). The van der Waals surface area contributed by atoms with Crippen molar-refractivity contribution >= 4 is 21.9 Å². The van der Waals surface area contributed by atoms with Gasteiger partial charge in [-0.25, -0.2) is 8.42 Å². The van der Waals surface area contributed by atoms with Crippen LogP contribution in [-0.2, 0) is 30.8 Å². The normalized spacial score (nSPS) is 12.9. The lowest BCUT2D eigenvalue weighted by molar-refractivity contribution is -0.154. The van der Waals surface area contributed by atoms with Crippen LogP contribution in [0.3, 0.4) is 0 Å². The summed E-state index contributed by atoms with van der Waals surface area (Å²) in [5, 5.41) is 2.68. The summed E-state index contributed by atoms with van der Waals surface area (Å²) >= 11 is 0. The maximum Gasteiger partial charge on any atom is 0.306 e. The first kappa shape index (κ1) is 23.1. The van der Waals surface area contributed by atoms with Crippen LogP contribution in [0.5, 0.6) is 0 Å². The number of amides is 1. The van der Waals surface area contributed by atoms with Crippen molar-refractivity contribution in [2.24, 2.45) is 0 Å². The largest absolute Gasteiger partial charge is 0.453 e. The van der Waals surface area contributed by atoms with E-state index in [0.717, 1.165) is 5.56 Å². The van der Waals surface area contributed by atoms with E-state index in [1.807, 2.05) is 13.8 Å². The van der Waals surface area contributed by atoms with Gasteiger partial charge in [0.25, 0.3) is 5.91 Å². The number of rotatable bonds is 10. The van der Waals surface area contributed by atoms with Crippen LogP contribution in [-0.4, -0.2) is 49.8 Å². The number of carbonyl (C=O) groups excluding carboxylic acids is 2. The molecule has 0 aliphatic carbocycles. The lowest BCUT2D eigenvalue weighted by Gasteiger charge is -2.18. The molecule has 152 valence electrons. The molecule has 1 atom stereocenters. The third-order valence-electron chi connectivity index (χ3n) is 3.99. The van der Waals surface area contributed by atoms with Gasteiger partial charge in [0.05, 0.1) is 4.90 Å². The number of sulfonamides is 1. The molecule has 0 saturated heterocycles. The zero-order valence-electron chi connectivity index (χ0n) is 16.7. The van der Waals surface area contributed by atoms with Gasteiger partial charge < -0.3 is 10.1 Å². The Bertz CT molecular complexity index is 725. The average Bonchev–Trinajstić information content (AvgIpc) is 2.60. The predicted octanol–water partition coefficient (Wildman–Crippen LogP) is 2.11. The molecule has 0 heterocycles. The highest BCUT2D eigenvalue weighted by Crippen LogP contribution is 2.17. The first-order chi connectivity index (χ1) is 12.6. The molecule has 0 aliphatic rings. The van der Waals surface area contributed by atoms with Crippen molar-refractivity contribution < 1.29 is 22.7 Å². The van der Waals surface area contributed by atoms with Crippen molar-refractivity contribution in [3.8, 4) is 0 Å². The van der Waals surface area contributed by atoms with E-state index in [9.17, 15) is 18.0 Å². The third-order valence-corrected chi connectivity index (χ3v) is 6.06. The van der Waals surface area contributed by atoms with Crippen LogP contribution in [0.25, 0.3) is 0 Å². The first-order valence-electron chi connectivity index (χ1n) is 9.20. The van der Waals surface area contributed by atoms with Crippen LogP contribution in [0.1, 0.15) is 46.6 Å². The molecule has 1 amide bonds. The molecule has 0 aliphatic heterocycles. The topological polar surface area (TPSA) is 92.8 Å². The van der Waals surface area contributed by atoms with Gasteiger partial charge in [0.15, 0.2) is 6.10 Å². The molecule has 1 unspecified atom stereocenters. The van der Waals surface area contributed by atoms with E-state index in [1.165, 1.54) is 11.2 Å². The molecule has 0 saturated carbocycles. The van der Waals surface area contributed by atoms with Gasteiger partial charge >= 0.3 is 5.97 Å². The van der Waals surface area contributed by atoms with Crippen molar-refractivity contribution in [3.63, 3.8) is 0 Å². The summed E-state index contributed by atoms with van der Waals surface area (Å²) in [6, 6.07) is 6.46. The Morgan fingerprint density at radius 1 is 1.07 bits per heavy atom. The van der Waals surface area contributed by atoms with Crippen molar-refractivity contribution in [2.45, 2.75) is 64.5 Å². The fraction of sp³-hybridized carbons (Fsp3) is 0.579. The van der Waals surface area contributed by atoms with Gasteiger partial charge in [-0.3, -0.25) is 9.59 Å². The lowest BCUT2D eigenvalue weighted by atomic mass is 10.1. The van der Waals surface area contributed by atoms with Gasteiger partial charge in [0.1, 0.15) is 0 Å². The zero-order valence-corrected chi connectivity index (χ0v) is 17.5. The Hall–Kier alpha value is -1.93. The minimum Gasteiger partial charge on any atom is -0.453 e. The molecule has 7 nitrogen and oxygen atoms in total. The van der Waals surface area contributed by atoms with Crippen LogP contribution >= 0.6 is 0 Å². The van der Waals surface area contributed by atoms with Crippen molar-refractivity contribution in [3.05, 3.63) is 29.8 Å². The van der Waals surface area contributed by atoms with Crippen molar-refractivity contribution in [1.82, 2.24) is 9.62 Å². The van der Waals surface area contributed by atoms with E-state index in [2.05, 4.69) is 5.32 Å². The Labute approximate surface area is 162 Å². The van der Waals surface area contributed by atoms with Gasteiger partial charge in [-0.1, -0.05) is 26.0 Å². The molecular formula is C19H30N2O5S. The molecule has 8 heteroatoms.